The molecule has 0 spiro atoms. The van der Waals surface area contributed by atoms with Crippen molar-refractivity contribution in [3.8, 4) is 0 Å². The van der Waals surface area contributed by atoms with Crippen molar-refractivity contribution in [2.24, 2.45) is 0 Å². The van der Waals surface area contributed by atoms with E-state index >= 15 is 0 Å². The third-order valence-electron chi connectivity index (χ3n) is 2.22. The Bertz CT molecular complexity index is 449. The molecule has 18 heavy (non-hydrogen) atoms. The molecule has 0 saturated heterocycles. The fraction of sp³-hybridized carbons (Fsp3) is 0.333. The monoisotopic (exact) mass is 314 g/mol. The van der Waals surface area contributed by atoms with Crippen LogP contribution < -0.4 is 10.6 Å². The molecule has 1 rings (SSSR count). The first-order valence-electron chi connectivity index (χ1n) is 5.61. The van der Waals surface area contributed by atoms with Crippen LogP contribution in [-0.4, -0.2) is 23.7 Å². The van der Waals surface area contributed by atoms with Crippen LogP contribution >= 0.6 is 15.9 Å². The fourth-order valence-corrected chi connectivity index (χ4v) is 1.83. The molecule has 0 radical (unpaired) electrons. The van der Waals surface area contributed by atoms with Gasteiger partial charge in [0.15, 0.2) is 0 Å². The Kier molecular flexibility index (Phi) is 5.64. The molecule has 0 bridgehead atoms. The van der Waals surface area contributed by atoms with E-state index in [1.165, 1.54) is 12.1 Å². The van der Waals surface area contributed by atoms with Gasteiger partial charge in [0.1, 0.15) is 0 Å². The second kappa shape index (κ2) is 7.00. The average molecular weight is 315 g/mol. The number of halogens is 1. The number of carboxylic acids is 1. The Labute approximate surface area is 114 Å². The zero-order valence-corrected chi connectivity index (χ0v) is 11.6. The van der Waals surface area contributed by atoms with Crippen molar-refractivity contribution in [1.82, 2.24) is 5.32 Å². The quantitative estimate of drug-likeness (QED) is 0.731. The summed E-state index contributed by atoms with van der Waals surface area (Å²) >= 11 is 3.20. The lowest BCUT2D eigenvalue weighted by Gasteiger charge is -2.08. The molecule has 0 aromatic heterocycles. The lowest BCUT2D eigenvalue weighted by atomic mass is 10.2. The van der Waals surface area contributed by atoms with E-state index in [0.29, 0.717) is 16.7 Å². The SMILES string of the molecule is CCCCNC(=O)Nc1cc(Br)cc(C(=O)O)c1. The Hall–Kier alpha value is -1.56. The second-order valence-corrected chi connectivity index (χ2v) is 4.68. The van der Waals surface area contributed by atoms with Crippen molar-refractivity contribution in [2.75, 3.05) is 11.9 Å². The number of benzene rings is 1. The number of aromatic carboxylic acids is 1. The number of anilines is 1. The summed E-state index contributed by atoms with van der Waals surface area (Å²) in [5.74, 6) is -1.04. The Morgan fingerprint density at radius 3 is 2.67 bits per heavy atom. The molecule has 2 amide bonds. The summed E-state index contributed by atoms with van der Waals surface area (Å²) in [6, 6.07) is 4.19. The van der Waals surface area contributed by atoms with Gasteiger partial charge in [0.05, 0.1) is 5.56 Å². The minimum atomic E-state index is -1.04. The summed E-state index contributed by atoms with van der Waals surface area (Å²) in [5, 5.41) is 14.2. The highest BCUT2D eigenvalue weighted by atomic mass is 79.9. The lowest BCUT2D eigenvalue weighted by molar-refractivity contribution is 0.0697. The van der Waals surface area contributed by atoms with Crippen LogP contribution in [0.2, 0.25) is 0 Å². The number of rotatable bonds is 5. The Morgan fingerprint density at radius 1 is 1.33 bits per heavy atom. The van der Waals surface area contributed by atoms with E-state index in [1.54, 1.807) is 6.07 Å². The average Bonchev–Trinajstić information content (AvgIpc) is 2.28. The standard InChI is InChI=1S/C12H15BrN2O3/c1-2-3-4-14-12(18)15-10-6-8(11(16)17)5-9(13)7-10/h5-7H,2-4H2,1H3,(H,16,17)(H2,14,15,18). The second-order valence-electron chi connectivity index (χ2n) is 3.77. The van der Waals surface area contributed by atoms with E-state index in [0.717, 1.165) is 12.8 Å². The summed E-state index contributed by atoms with van der Waals surface area (Å²) in [7, 11) is 0. The summed E-state index contributed by atoms with van der Waals surface area (Å²) in [4.78, 5) is 22.3. The fourth-order valence-electron chi connectivity index (χ4n) is 1.34. The molecule has 0 aliphatic rings. The van der Waals surface area contributed by atoms with E-state index < -0.39 is 5.97 Å². The summed E-state index contributed by atoms with van der Waals surface area (Å²) < 4.78 is 0.603. The number of carbonyl (C=O) groups is 2. The van der Waals surface area contributed by atoms with E-state index in [2.05, 4.69) is 26.6 Å². The zero-order valence-electron chi connectivity index (χ0n) is 10.00. The number of carboxylic acid groups (broad SMARTS) is 1. The summed E-state index contributed by atoms with van der Waals surface area (Å²) in [5.41, 5.74) is 0.559. The van der Waals surface area contributed by atoms with E-state index in [9.17, 15) is 9.59 Å². The molecule has 3 N–H and O–H groups in total. The van der Waals surface area contributed by atoms with Crippen LogP contribution in [0, 0.1) is 0 Å². The Balaban J connectivity index is 2.66. The Morgan fingerprint density at radius 2 is 2.06 bits per heavy atom. The first-order valence-corrected chi connectivity index (χ1v) is 6.41. The van der Waals surface area contributed by atoms with E-state index in [-0.39, 0.29) is 11.6 Å². The van der Waals surface area contributed by atoms with Gasteiger partial charge in [-0.2, -0.15) is 0 Å². The lowest BCUT2D eigenvalue weighted by Crippen LogP contribution is -2.29. The van der Waals surface area contributed by atoms with Crippen LogP contribution in [0.1, 0.15) is 30.1 Å². The van der Waals surface area contributed by atoms with Crippen LogP contribution in [0.25, 0.3) is 0 Å². The van der Waals surface area contributed by atoms with Gasteiger partial charge in [-0.1, -0.05) is 29.3 Å². The van der Waals surface area contributed by atoms with Crippen molar-refractivity contribution in [3.05, 3.63) is 28.2 Å². The zero-order chi connectivity index (χ0) is 13.5. The maximum atomic E-state index is 11.5. The van der Waals surface area contributed by atoms with E-state index in [4.69, 9.17) is 5.11 Å². The third-order valence-corrected chi connectivity index (χ3v) is 2.68. The van der Waals surface area contributed by atoms with Crippen molar-refractivity contribution in [1.29, 1.82) is 0 Å². The minimum Gasteiger partial charge on any atom is -0.478 e. The van der Waals surface area contributed by atoms with Crippen molar-refractivity contribution in [2.45, 2.75) is 19.8 Å². The molecule has 6 heteroatoms. The molecule has 1 aromatic rings. The predicted molar refractivity (Wildman–Crippen MR) is 73.0 cm³/mol. The summed E-state index contributed by atoms with van der Waals surface area (Å²) in [6.45, 7) is 2.63. The molecule has 0 fully saturated rings. The number of unbranched alkanes of at least 4 members (excludes halogenated alkanes) is 1. The highest BCUT2D eigenvalue weighted by Gasteiger charge is 2.08. The third kappa shape index (κ3) is 4.75. The highest BCUT2D eigenvalue weighted by Crippen LogP contribution is 2.19. The van der Waals surface area contributed by atoms with Crippen molar-refractivity contribution < 1.29 is 14.7 Å². The van der Waals surface area contributed by atoms with Crippen LogP contribution in [0.15, 0.2) is 22.7 Å². The minimum absolute atomic E-state index is 0.119. The topological polar surface area (TPSA) is 78.4 Å². The highest BCUT2D eigenvalue weighted by molar-refractivity contribution is 9.10. The molecule has 0 aliphatic carbocycles. The smallest absolute Gasteiger partial charge is 0.335 e. The first-order chi connectivity index (χ1) is 8.52. The number of nitrogens with one attached hydrogen (secondary N) is 2. The van der Waals surface area contributed by atoms with Crippen LogP contribution in [0.5, 0.6) is 0 Å². The van der Waals surface area contributed by atoms with Gasteiger partial charge in [-0.05, 0) is 24.6 Å². The number of carbonyl (C=O) groups excluding carboxylic acids is 1. The van der Waals surface area contributed by atoms with Crippen LogP contribution in [-0.2, 0) is 0 Å². The molecular weight excluding hydrogens is 300 g/mol. The molecular formula is C12H15BrN2O3. The van der Waals surface area contributed by atoms with Crippen molar-refractivity contribution >= 4 is 33.6 Å². The van der Waals surface area contributed by atoms with Crippen LogP contribution in [0.4, 0.5) is 10.5 Å². The molecule has 1 aromatic carbocycles. The van der Waals surface area contributed by atoms with Gasteiger partial charge >= 0.3 is 12.0 Å². The number of amides is 2. The number of hydrogen-bond donors (Lipinski definition) is 3. The molecule has 0 heterocycles. The van der Waals surface area contributed by atoms with E-state index in [1.807, 2.05) is 6.92 Å². The van der Waals surface area contributed by atoms with Gasteiger partial charge in [0.25, 0.3) is 0 Å². The summed E-state index contributed by atoms with van der Waals surface area (Å²) in [6.07, 6.45) is 1.91. The molecule has 98 valence electrons. The van der Waals surface area contributed by atoms with Gasteiger partial charge < -0.3 is 15.7 Å². The molecule has 0 unspecified atom stereocenters. The number of hydrogen-bond acceptors (Lipinski definition) is 2. The normalized spacial score (nSPS) is 9.89. The molecule has 5 nitrogen and oxygen atoms in total. The number of urea groups is 1. The van der Waals surface area contributed by atoms with Gasteiger partial charge in [-0.3, -0.25) is 0 Å². The molecule has 0 aliphatic heterocycles. The van der Waals surface area contributed by atoms with Gasteiger partial charge in [0.2, 0.25) is 0 Å². The first kappa shape index (κ1) is 14.5. The maximum Gasteiger partial charge on any atom is 0.335 e. The van der Waals surface area contributed by atoms with Gasteiger partial charge in [-0.25, -0.2) is 9.59 Å². The van der Waals surface area contributed by atoms with Gasteiger partial charge in [0, 0.05) is 16.7 Å². The molecule has 0 saturated carbocycles. The largest absolute Gasteiger partial charge is 0.478 e. The molecule has 0 atom stereocenters. The van der Waals surface area contributed by atoms with Gasteiger partial charge in [-0.15, -0.1) is 0 Å². The van der Waals surface area contributed by atoms with Crippen LogP contribution in [0.3, 0.4) is 0 Å². The maximum absolute atomic E-state index is 11.5. The van der Waals surface area contributed by atoms with Crippen molar-refractivity contribution in [3.63, 3.8) is 0 Å². The predicted octanol–water partition coefficient (Wildman–Crippen LogP) is 3.07.